The zero-order valence-corrected chi connectivity index (χ0v) is 11.0. The van der Waals surface area contributed by atoms with Crippen LogP contribution in [0.5, 0.6) is 0 Å². The summed E-state index contributed by atoms with van der Waals surface area (Å²) < 4.78 is 13.3. The van der Waals surface area contributed by atoms with Crippen LogP contribution in [0.2, 0.25) is 0 Å². The molecule has 110 valence electrons. The number of halogens is 1. The second-order valence-electron chi connectivity index (χ2n) is 4.58. The molecule has 1 aliphatic rings. The fraction of sp³-hybridized carbons (Fsp3) is 0.214. The summed E-state index contributed by atoms with van der Waals surface area (Å²) in [5.41, 5.74) is -0.0642. The number of carboxylic acid groups (broad SMARTS) is 1. The Hall–Kier alpha value is -2.70. The molecule has 1 aromatic rings. The molecule has 21 heavy (non-hydrogen) atoms. The summed E-state index contributed by atoms with van der Waals surface area (Å²) in [5.74, 6) is -4.59. The number of benzene rings is 1. The monoisotopic (exact) mass is 292 g/mol. The van der Waals surface area contributed by atoms with E-state index < -0.39 is 41.8 Å². The third-order valence-corrected chi connectivity index (χ3v) is 3.15. The van der Waals surface area contributed by atoms with Crippen LogP contribution in [0, 0.1) is 5.82 Å². The van der Waals surface area contributed by atoms with Crippen molar-refractivity contribution in [3.05, 3.63) is 47.0 Å². The first-order valence-electron chi connectivity index (χ1n) is 6.03. The molecular weight excluding hydrogens is 281 g/mol. The van der Waals surface area contributed by atoms with Crippen LogP contribution in [0.25, 0.3) is 0 Å². The van der Waals surface area contributed by atoms with Gasteiger partial charge in [-0.3, -0.25) is 9.59 Å². The van der Waals surface area contributed by atoms with Gasteiger partial charge < -0.3 is 19.9 Å². The Kier molecular flexibility index (Phi) is 3.75. The number of amides is 1. The first-order valence-corrected chi connectivity index (χ1v) is 6.03. The highest BCUT2D eigenvalue weighted by Gasteiger charge is 2.42. The van der Waals surface area contributed by atoms with Gasteiger partial charge in [-0.2, -0.15) is 0 Å². The highest BCUT2D eigenvalue weighted by atomic mass is 19.1. The third-order valence-electron chi connectivity index (χ3n) is 3.15. The van der Waals surface area contributed by atoms with Crippen LogP contribution >= 0.6 is 0 Å². The topological polar surface area (TPSA) is 97.7 Å². The number of hydrogen-bond donors (Lipinski definition) is 1. The first-order chi connectivity index (χ1) is 9.82. The fourth-order valence-electron chi connectivity index (χ4n) is 2.34. The van der Waals surface area contributed by atoms with Crippen molar-refractivity contribution < 1.29 is 29.0 Å². The summed E-state index contributed by atoms with van der Waals surface area (Å²) in [7, 11) is 0. The number of rotatable bonds is 4. The lowest BCUT2D eigenvalue weighted by Crippen LogP contribution is -2.41. The van der Waals surface area contributed by atoms with E-state index in [2.05, 4.69) is 0 Å². The Morgan fingerprint density at radius 3 is 2.62 bits per heavy atom. The lowest BCUT2D eigenvalue weighted by molar-refractivity contribution is -0.306. The maximum atomic E-state index is 13.3. The predicted molar refractivity (Wildman–Crippen MR) is 66.2 cm³/mol. The molecule has 0 fully saturated rings. The molecule has 2 rings (SSSR count). The lowest BCUT2D eigenvalue weighted by atomic mass is 9.97. The normalized spacial score (nSPS) is 18.3. The van der Waals surface area contributed by atoms with Crippen LogP contribution in [-0.2, 0) is 14.4 Å². The smallest absolute Gasteiger partial charge is 0.290 e. The molecule has 0 spiro atoms. The van der Waals surface area contributed by atoms with E-state index in [9.17, 15) is 29.0 Å². The van der Waals surface area contributed by atoms with Crippen molar-refractivity contribution in [3.63, 3.8) is 0 Å². The zero-order chi connectivity index (χ0) is 15.7. The van der Waals surface area contributed by atoms with E-state index in [1.54, 1.807) is 0 Å². The largest absolute Gasteiger partial charge is 0.548 e. The number of carbonyl (C=O) groups is 3. The Morgan fingerprint density at radius 1 is 1.43 bits per heavy atom. The average Bonchev–Trinajstić information content (AvgIpc) is 2.63. The highest BCUT2D eigenvalue weighted by molar-refractivity contribution is 6.08. The molecule has 1 aromatic carbocycles. The minimum Gasteiger partial charge on any atom is -0.548 e. The predicted octanol–water partition coefficient (Wildman–Crippen LogP) is -0.140. The molecule has 7 heteroatoms. The summed E-state index contributed by atoms with van der Waals surface area (Å²) in [5, 5.41) is 20.5. The second kappa shape index (κ2) is 5.35. The van der Waals surface area contributed by atoms with E-state index in [0.29, 0.717) is 0 Å². The number of Topliss-reactive ketones (excluding diaryl/α,β-unsaturated/α-hetero) is 1. The van der Waals surface area contributed by atoms with Crippen molar-refractivity contribution in [2.75, 3.05) is 6.54 Å². The van der Waals surface area contributed by atoms with Crippen LogP contribution in [-0.4, -0.2) is 34.2 Å². The van der Waals surface area contributed by atoms with Crippen LogP contribution in [0.1, 0.15) is 18.5 Å². The van der Waals surface area contributed by atoms with Gasteiger partial charge in [-0.25, -0.2) is 4.39 Å². The molecule has 1 heterocycles. The molecule has 1 amide bonds. The van der Waals surface area contributed by atoms with E-state index in [0.717, 1.165) is 17.9 Å². The molecule has 0 saturated heterocycles. The Bertz CT molecular complexity index is 667. The van der Waals surface area contributed by atoms with Crippen molar-refractivity contribution >= 4 is 17.7 Å². The van der Waals surface area contributed by atoms with Crippen LogP contribution < -0.4 is 5.11 Å². The number of aliphatic hydroxyl groups excluding tert-OH is 1. The van der Waals surface area contributed by atoms with Crippen molar-refractivity contribution in [2.45, 2.75) is 13.0 Å². The summed E-state index contributed by atoms with van der Waals surface area (Å²) in [4.78, 5) is 35.1. The Labute approximate surface area is 119 Å². The summed E-state index contributed by atoms with van der Waals surface area (Å²) in [6.07, 6.45) is 0. The van der Waals surface area contributed by atoms with Gasteiger partial charge in [-0.15, -0.1) is 0 Å². The first kappa shape index (κ1) is 14.7. The number of hydrogen-bond acceptors (Lipinski definition) is 5. The van der Waals surface area contributed by atoms with Gasteiger partial charge in [0, 0.05) is 0 Å². The average molecular weight is 292 g/mol. The maximum absolute atomic E-state index is 13.3. The molecule has 0 unspecified atom stereocenters. The van der Waals surface area contributed by atoms with Crippen molar-refractivity contribution in [1.29, 1.82) is 0 Å². The van der Waals surface area contributed by atoms with Gasteiger partial charge in [-0.1, -0.05) is 12.1 Å². The fourth-order valence-corrected chi connectivity index (χ4v) is 2.34. The van der Waals surface area contributed by atoms with Gasteiger partial charge in [-0.05, 0) is 24.6 Å². The number of carboxylic acids is 1. The van der Waals surface area contributed by atoms with E-state index in [-0.39, 0.29) is 11.1 Å². The molecule has 1 N–H and O–H groups in total. The summed E-state index contributed by atoms with van der Waals surface area (Å²) in [6.45, 7) is 0.314. The number of ketones is 1. The maximum Gasteiger partial charge on any atom is 0.290 e. The van der Waals surface area contributed by atoms with E-state index in [1.165, 1.54) is 18.2 Å². The molecule has 1 atom stereocenters. The highest BCUT2D eigenvalue weighted by Crippen LogP contribution is 2.37. The van der Waals surface area contributed by atoms with Crippen LogP contribution in [0.3, 0.4) is 0 Å². The Balaban J connectivity index is 2.56. The standard InChI is InChI=1S/C14H12FNO5/c1-7(17)11-12(8-3-2-4-9(15)5-8)16(6-10(18)19)14(21)13(11)20/h2-5,12,20H,6H2,1H3,(H,18,19)/p-1/t12-/m1/s1. The molecular formula is C14H11FNO5-. The lowest BCUT2D eigenvalue weighted by Gasteiger charge is -2.26. The number of nitrogens with zero attached hydrogens (tertiary/aromatic N) is 1. The second-order valence-corrected chi connectivity index (χ2v) is 4.58. The van der Waals surface area contributed by atoms with Crippen LogP contribution in [0.15, 0.2) is 35.6 Å². The van der Waals surface area contributed by atoms with Crippen molar-refractivity contribution in [1.82, 2.24) is 4.90 Å². The molecule has 0 aliphatic carbocycles. The van der Waals surface area contributed by atoms with Gasteiger partial charge in [0.05, 0.1) is 24.1 Å². The Morgan fingerprint density at radius 2 is 2.10 bits per heavy atom. The van der Waals surface area contributed by atoms with E-state index in [4.69, 9.17) is 0 Å². The molecule has 0 bridgehead atoms. The number of aliphatic hydroxyl groups is 1. The summed E-state index contributed by atoms with van der Waals surface area (Å²) >= 11 is 0. The molecule has 0 aromatic heterocycles. The SMILES string of the molecule is CC(=O)C1=C(O)C(=O)N(CC(=O)[O-])[C@@H]1c1cccc(F)c1. The summed E-state index contributed by atoms with van der Waals surface area (Å²) in [6, 6.07) is 3.88. The van der Waals surface area contributed by atoms with Crippen LogP contribution in [0.4, 0.5) is 4.39 Å². The quantitative estimate of drug-likeness (QED) is 0.833. The van der Waals surface area contributed by atoms with Gasteiger partial charge >= 0.3 is 0 Å². The van der Waals surface area contributed by atoms with Gasteiger partial charge in [0.25, 0.3) is 5.91 Å². The molecule has 0 saturated carbocycles. The van der Waals surface area contributed by atoms with Gasteiger partial charge in [0.1, 0.15) is 5.82 Å². The van der Waals surface area contributed by atoms with Crippen molar-refractivity contribution in [2.24, 2.45) is 0 Å². The molecule has 0 radical (unpaired) electrons. The minimum atomic E-state index is -1.55. The van der Waals surface area contributed by atoms with Gasteiger partial charge in [0.15, 0.2) is 11.5 Å². The van der Waals surface area contributed by atoms with Gasteiger partial charge in [0.2, 0.25) is 0 Å². The number of carbonyl (C=O) groups excluding carboxylic acids is 3. The molecule has 6 nitrogen and oxygen atoms in total. The zero-order valence-electron chi connectivity index (χ0n) is 11.0. The minimum absolute atomic E-state index is 0.193. The molecule has 1 aliphatic heterocycles. The van der Waals surface area contributed by atoms with E-state index in [1.807, 2.05) is 0 Å². The van der Waals surface area contributed by atoms with E-state index >= 15 is 0 Å². The third kappa shape index (κ3) is 2.62. The van der Waals surface area contributed by atoms with Crippen molar-refractivity contribution in [3.8, 4) is 0 Å². The number of aliphatic carboxylic acids is 1.